The molecule has 2 rings (SSSR count). The molecule has 1 unspecified atom stereocenters. The summed E-state index contributed by atoms with van der Waals surface area (Å²) >= 11 is 15.9. The third kappa shape index (κ3) is 5.00. The lowest BCUT2D eigenvalue weighted by Gasteiger charge is -2.20. The summed E-state index contributed by atoms with van der Waals surface area (Å²) in [4.78, 5) is 0. The Morgan fingerprint density at radius 3 is 2.38 bits per heavy atom. The molecule has 0 aliphatic carbocycles. The highest BCUT2D eigenvalue weighted by Gasteiger charge is 2.14. The summed E-state index contributed by atoms with van der Waals surface area (Å²) in [5.74, 6) is 0. The van der Waals surface area contributed by atoms with Gasteiger partial charge in [-0.2, -0.15) is 0 Å². The molecule has 112 valence electrons. The van der Waals surface area contributed by atoms with Gasteiger partial charge >= 0.3 is 0 Å². The molecular formula is C17H18BrCl2N. The second-order valence-electron chi connectivity index (χ2n) is 5.01. The predicted molar refractivity (Wildman–Crippen MR) is 95.3 cm³/mol. The largest absolute Gasteiger partial charge is 0.310 e. The maximum Gasteiger partial charge on any atom is 0.0424 e. The fourth-order valence-electron chi connectivity index (χ4n) is 2.29. The normalized spacial score (nSPS) is 12.4. The van der Waals surface area contributed by atoms with E-state index >= 15 is 0 Å². The molecule has 0 aliphatic rings. The standard InChI is InChI=1S/C17H18BrCl2N/c1-2-7-21-17(10-12-5-3-4-6-16(12)18)13-8-14(19)11-15(20)9-13/h3-6,8-9,11,17,21H,2,7,10H2,1H3. The van der Waals surface area contributed by atoms with Gasteiger partial charge in [0.15, 0.2) is 0 Å². The monoisotopic (exact) mass is 385 g/mol. The van der Waals surface area contributed by atoms with Gasteiger partial charge in [-0.1, -0.05) is 64.3 Å². The lowest BCUT2D eigenvalue weighted by molar-refractivity contribution is 0.528. The first-order valence-electron chi connectivity index (χ1n) is 7.03. The molecule has 0 radical (unpaired) electrons. The van der Waals surface area contributed by atoms with Crippen LogP contribution in [-0.4, -0.2) is 6.54 Å². The molecule has 0 amide bonds. The molecule has 2 aromatic carbocycles. The van der Waals surface area contributed by atoms with E-state index in [4.69, 9.17) is 23.2 Å². The van der Waals surface area contributed by atoms with E-state index in [1.807, 2.05) is 18.2 Å². The van der Waals surface area contributed by atoms with Gasteiger partial charge in [0.05, 0.1) is 0 Å². The lowest BCUT2D eigenvalue weighted by atomic mass is 9.98. The third-order valence-corrected chi connectivity index (χ3v) is 4.52. The number of nitrogens with one attached hydrogen (secondary N) is 1. The number of hydrogen-bond acceptors (Lipinski definition) is 1. The van der Waals surface area contributed by atoms with Gasteiger partial charge in [0.25, 0.3) is 0 Å². The molecule has 0 saturated heterocycles. The molecule has 1 atom stereocenters. The Morgan fingerprint density at radius 1 is 1.10 bits per heavy atom. The van der Waals surface area contributed by atoms with Crippen LogP contribution in [0.25, 0.3) is 0 Å². The van der Waals surface area contributed by atoms with E-state index in [1.165, 1.54) is 5.56 Å². The van der Waals surface area contributed by atoms with E-state index < -0.39 is 0 Å². The first-order valence-corrected chi connectivity index (χ1v) is 8.58. The Kier molecular flexibility index (Phi) is 6.56. The first-order chi connectivity index (χ1) is 10.1. The summed E-state index contributed by atoms with van der Waals surface area (Å²) in [6.07, 6.45) is 1.97. The van der Waals surface area contributed by atoms with Crippen LogP contribution in [-0.2, 0) is 6.42 Å². The first kappa shape index (κ1) is 16.8. The van der Waals surface area contributed by atoms with Crippen molar-refractivity contribution in [2.45, 2.75) is 25.8 Å². The highest BCUT2D eigenvalue weighted by molar-refractivity contribution is 9.10. The molecule has 0 aliphatic heterocycles. The Bertz CT molecular complexity index is 581. The summed E-state index contributed by atoms with van der Waals surface area (Å²) in [5.41, 5.74) is 2.39. The highest BCUT2D eigenvalue weighted by atomic mass is 79.9. The van der Waals surface area contributed by atoms with E-state index in [9.17, 15) is 0 Å². The lowest BCUT2D eigenvalue weighted by Crippen LogP contribution is -2.24. The molecule has 0 bridgehead atoms. The third-order valence-electron chi connectivity index (χ3n) is 3.31. The zero-order valence-corrected chi connectivity index (χ0v) is 15.0. The Morgan fingerprint density at radius 2 is 1.76 bits per heavy atom. The zero-order chi connectivity index (χ0) is 15.2. The van der Waals surface area contributed by atoms with Crippen LogP contribution in [0.2, 0.25) is 10.0 Å². The number of benzene rings is 2. The molecule has 0 heterocycles. The van der Waals surface area contributed by atoms with E-state index in [0.717, 1.165) is 29.4 Å². The molecule has 0 fully saturated rings. The molecule has 0 spiro atoms. The average molecular weight is 387 g/mol. The molecule has 21 heavy (non-hydrogen) atoms. The quantitative estimate of drug-likeness (QED) is 0.638. The van der Waals surface area contributed by atoms with Gasteiger partial charge in [0.1, 0.15) is 0 Å². The van der Waals surface area contributed by atoms with E-state index in [2.05, 4.69) is 46.4 Å². The molecule has 0 aromatic heterocycles. The molecule has 2 aromatic rings. The van der Waals surface area contributed by atoms with Crippen molar-refractivity contribution in [2.75, 3.05) is 6.54 Å². The van der Waals surface area contributed by atoms with E-state index in [0.29, 0.717) is 10.0 Å². The maximum absolute atomic E-state index is 6.14. The van der Waals surface area contributed by atoms with Gasteiger partial charge in [-0.15, -0.1) is 0 Å². The zero-order valence-electron chi connectivity index (χ0n) is 11.9. The smallest absolute Gasteiger partial charge is 0.0424 e. The molecule has 1 N–H and O–H groups in total. The molecular weight excluding hydrogens is 369 g/mol. The van der Waals surface area contributed by atoms with E-state index in [1.54, 1.807) is 6.07 Å². The van der Waals surface area contributed by atoms with Crippen LogP contribution in [0.1, 0.15) is 30.5 Å². The summed E-state index contributed by atoms with van der Waals surface area (Å²) < 4.78 is 1.13. The molecule has 1 nitrogen and oxygen atoms in total. The number of rotatable bonds is 6. The van der Waals surface area contributed by atoms with Crippen molar-refractivity contribution in [3.8, 4) is 0 Å². The van der Waals surface area contributed by atoms with Crippen LogP contribution in [0, 0.1) is 0 Å². The minimum Gasteiger partial charge on any atom is -0.310 e. The van der Waals surface area contributed by atoms with Crippen LogP contribution in [0.4, 0.5) is 0 Å². The molecule has 0 saturated carbocycles. The van der Waals surface area contributed by atoms with Gasteiger partial charge in [0.2, 0.25) is 0 Å². The summed E-state index contributed by atoms with van der Waals surface area (Å²) in [6.45, 7) is 3.12. The number of halogens is 3. The van der Waals surface area contributed by atoms with Gasteiger partial charge in [-0.3, -0.25) is 0 Å². The van der Waals surface area contributed by atoms with Gasteiger partial charge in [0, 0.05) is 20.6 Å². The van der Waals surface area contributed by atoms with Crippen molar-refractivity contribution in [2.24, 2.45) is 0 Å². The summed E-state index contributed by atoms with van der Waals surface area (Å²) in [7, 11) is 0. The van der Waals surface area contributed by atoms with Crippen LogP contribution in [0.3, 0.4) is 0 Å². The van der Waals surface area contributed by atoms with Crippen LogP contribution >= 0.6 is 39.1 Å². The Hall–Kier alpha value is -0.540. The maximum atomic E-state index is 6.14. The van der Waals surface area contributed by atoms with Gasteiger partial charge in [-0.05, 0) is 54.8 Å². The topological polar surface area (TPSA) is 12.0 Å². The van der Waals surface area contributed by atoms with Gasteiger partial charge < -0.3 is 5.32 Å². The van der Waals surface area contributed by atoms with E-state index in [-0.39, 0.29) is 6.04 Å². The van der Waals surface area contributed by atoms with Crippen molar-refractivity contribution in [3.05, 3.63) is 68.1 Å². The minimum absolute atomic E-state index is 0.194. The predicted octanol–water partition coefficient (Wildman–Crippen LogP) is 6.04. The van der Waals surface area contributed by atoms with Crippen LogP contribution in [0.5, 0.6) is 0 Å². The minimum atomic E-state index is 0.194. The Balaban J connectivity index is 2.27. The molecule has 4 heteroatoms. The van der Waals surface area contributed by atoms with Gasteiger partial charge in [-0.25, -0.2) is 0 Å². The highest BCUT2D eigenvalue weighted by Crippen LogP contribution is 2.28. The van der Waals surface area contributed by atoms with Crippen LogP contribution in [0.15, 0.2) is 46.9 Å². The summed E-state index contributed by atoms with van der Waals surface area (Å²) in [5, 5.41) is 4.93. The Labute approximate surface area is 144 Å². The van der Waals surface area contributed by atoms with Crippen molar-refractivity contribution < 1.29 is 0 Å². The van der Waals surface area contributed by atoms with Crippen molar-refractivity contribution in [1.29, 1.82) is 0 Å². The summed E-state index contributed by atoms with van der Waals surface area (Å²) in [6, 6.07) is 14.2. The SMILES string of the molecule is CCCNC(Cc1ccccc1Br)c1cc(Cl)cc(Cl)c1. The number of hydrogen-bond donors (Lipinski definition) is 1. The average Bonchev–Trinajstić information content (AvgIpc) is 2.44. The fourth-order valence-corrected chi connectivity index (χ4v) is 3.28. The second-order valence-corrected chi connectivity index (χ2v) is 6.73. The van der Waals surface area contributed by atoms with Crippen molar-refractivity contribution in [3.63, 3.8) is 0 Å². The van der Waals surface area contributed by atoms with Crippen molar-refractivity contribution in [1.82, 2.24) is 5.32 Å². The second kappa shape index (κ2) is 8.19. The van der Waals surface area contributed by atoms with Crippen molar-refractivity contribution >= 4 is 39.1 Å². The van der Waals surface area contributed by atoms with Crippen LogP contribution < -0.4 is 5.32 Å². The fraction of sp³-hybridized carbons (Fsp3) is 0.294.